The van der Waals surface area contributed by atoms with Gasteiger partial charge in [-0.3, -0.25) is 4.79 Å². The summed E-state index contributed by atoms with van der Waals surface area (Å²) in [5, 5.41) is 6.01. The summed E-state index contributed by atoms with van der Waals surface area (Å²) >= 11 is 1.65. The van der Waals surface area contributed by atoms with Crippen LogP contribution in [0.1, 0.15) is 30.0 Å². The molecule has 0 saturated carbocycles. The summed E-state index contributed by atoms with van der Waals surface area (Å²) in [7, 11) is 3.98. The first-order valence-electron chi connectivity index (χ1n) is 7.16. The van der Waals surface area contributed by atoms with E-state index in [-0.39, 0.29) is 5.91 Å². The average molecular weight is 298 g/mol. The van der Waals surface area contributed by atoms with E-state index in [4.69, 9.17) is 5.73 Å². The van der Waals surface area contributed by atoms with Crippen molar-refractivity contribution in [3.05, 3.63) is 16.1 Å². The van der Waals surface area contributed by atoms with Crippen LogP contribution in [0.25, 0.3) is 0 Å². The van der Waals surface area contributed by atoms with Crippen LogP contribution in [-0.4, -0.2) is 49.5 Å². The number of carbonyl (C=O) groups excluding carboxylic acids is 1. The summed E-state index contributed by atoms with van der Waals surface area (Å²) in [6.07, 6.45) is 4.72. The Hall–Kier alpha value is -0.980. The smallest absolute Gasteiger partial charge is 0.226 e. The Balaban J connectivity index is 2.23. The molecule has 0 radical (unpaired) electrons. The molecule has 0 bridgehead atoms. The number of unbranched alkanes of at least 4 members (excludes halogenated alkanes) is 2. The van der Waals surface area contributed by atoms with Gasteiger partial charge in [0.25, 0.3) is 0 Å². The number of aryl methyl sites for hydroxylation is 1. The summed E-state index contributed by atoms with van der Waals surface area (Å²) in [4.78, 5) is 18.3. The third-order valence-corrected chi connectivity index (χ3v) is 3.87. The number of hydrogen-bond acceptors (Lipinski definition) is 5. The third kappa shape index (κ3) is 7.57. The van der Waals surface area contributed by atoms with Crippen LogP contribution >= 0.6 is 11.3 Å². The Morgan fingerprint density at radius 2 is 2.20 bits per heavy atom. The second kappa shape index (κ2) is 9.85. The van der Waals surface area contributed by atoms with E-state index in [2.05, 4.69) is 10.3 Å². The molecule has 5 nitrogen and oxygen atoms in total. The Morgan fingerprint density at radius 3 is 2.90 bits per heavy atom. The summed E-state index contributed by atoms with van der Waals surface area (Å²) in [6.45, 7) is 2.30. The summed E-state index contributed by atoms with van der Waals surface area (Å²) < 4.78 is 0. The van der Waals surface area contributed by atoms with Crippen molar-refractivity contribution in [2.24, 2.45) is 5.73 Å². The van der Waals surface area contributed by atoms with Gasteiger partial charge in [0.05, 0.1) is 17.1 Å². The van der Waals surface area contributed by atoms with E-state index in [0.29, 0.717) is 13.0 Å². The van der Waals surface area contributed by atoms with E-state index in [1.807, 2.05) is 24.4 Å². The molecule has 0 aliphatic carbocycles. The zero-order valence-electron chi connectivity index (χ0n) is 12.5. The van der Waals surface area contributed by atoms with Crippen LogP contribution < -0.4 is 11.1 Å². The lowest BCUT2D eigenvalue weighted by Crippen LogP contribution is -2.32. The maximum absolute atomic E-state index is 11.7. The van der Waals surface area contributed by atoms with E-state index >= 15 is 0 Å². The van der Waals surface area contributed by atoms with Crippen LogP contribution in [0.2, 0.25) is 0 Å². The zero-order chi connectivity index (χ0) is 14.8. The van der Waals surface area contributed by atoms with Gasteiger partial charge in [-0.15, -0.1) is 11.3 Å². The van der Waals surface area contributed by atoms with Crippen LogP contribution in [-0.2, 0) is 17.6 Å². The quantitative estimate of drug-likeness (QED) is 0.633. The fourth-order valence-corrected chi connectivity index (χ4v) is 2.63. The van der Waals surface area contributed by atoms with Crippen LogP contribution in [0.5, 0.6) is 0 Å². The number of thiazole rings is 1. The maximum atomic E-state index is 11.7. The van der Waals surface area contributed by atoms with Crippen molar-refractivity contribution in [2.45, 2.75) is 32.1 Å². The molecule has 1 aromatic heterocycles. The number of aromatic nitrogens is 1. The van der Waals surface area contributed by atoms with Gasteiger partial charge in [-0.25, -0.2) is 4.98 Å². The fraction of sp³-hybridized carbons (Fsp3) is 0.714. The molecule has 20 heavy (non-hydrogen) atoms. The standard InChI is InChI=1S/C14H26N4OS/c1-18(2)9-8-16-13(19)10-12-11-20-14(17-12)6-4-3-5-7-15/h11H,3-10,15H2,1-2H3,(H,16,19). The molecule has 6 heteroatoms. The first-order valence-corrected chi connectivity index (χ1v) is 8.04. The molecule has 0 aliphatic heterocycles. The number of nitrogens with zero attached hydrogens (tertiary/aromatic N) is 2. The monoisotopic (exact) mass is 298 g/mol. The highest BCUT2D eigenvalue weighted by atomic mass is 32.1. The number of nitrogens with one attached hydrogen (secondary N) is 1. The van der Waals surface area contributed by atoms with Crippen LogP contribution in [0.4, 0.5) is 0 Å². The summed E-state index contributed by atoms with van der Waals surface area (Å²) in [6, 6.07) is 0. The van der Waals surface area contributed by atoms with Crippen molar-refractivity contribution in [1.29, 1.82) is 0 Å². The molecule has 0 unspecified atom stereocenters. The Kier molecular flexibility index (Phi) is 8.41. The minimum absolute atomic E-state index is 0.0480. The lowest BCUT2D eigenvalue weighted by molar-refractivity contribution is -0.120. The van der Waals surface area contributed by atoms with Gasteiger partial charge in [-0.1, -0.05) is 6.42 Å². The lowest BCUT2D eigenvalue weighted by Gasteiger charge is -2.09. The van der Waals surface area contributed by atoms with Crippen molar-refractivity contribution in [2.75, 3.05) is 33.7 Å². The highest BCUT2D eigenvalue weighted by molar-refractivity contribution is 7.09. The molecule has 0 fully saturated rings. The van der Waals surface area contributed by atoms with Crippen molar-refractivity contribution in [3.8, 4) is 0 Å². The molecular weight excluding hydrogens is 272 g/mol. The van der Waals surface area contributed by atoms with E-state index in [1.165, 1.54) is 0 Å². The number of carbonyl (C=O) groups is 1. The van der Waals surface area contributed by atoms with Crippen molar-refractivity contribution >= 4 is 17.2 Å². The van der Waals surface area contributed by atoms with Crippen LogP contribution in [0, 0.1) is 0 Å². The topological polar surface area (TPSA) is 71.2 Å². The van der Waals surface area contributed by atoms with Gasteiger partial charge in [0.2, 0.25) is 5.91 Å². The van der Waals surface area contributed by atoms with Gasteiger partial charge in [0.1, 0.15) is 0 Å². The molecule has 0 atom stereocenters. The minimum Gasteiger partial charge on any atom is -0.354 e. The number of likely N-dealkylation sites (N-methyl/N-ethyl adjacent to an activating group) is 1. The third-order valence-electron chi connectivity index (χ3n) is 2.92. The highest BCUT2D eigenvalue weighted by Crippen LogP contribution is 2.13. The van der Waals surface area contributed by atoms with Crippen LogP contribution in [0.3, 0.4) is 0 Å². The predicted octanol–water partition coefficient (Wildman–Crippen LogP) is 1.03. The number of nitrogens with two attached hydrogens (primary N) is 1. The second-order valence-corrected chi connectivity index (χ2v) is 6.10. The van der Waals surface area contributed by atoms with Crippen molar-refractivity contribution in [1.82, 2.24) is 15.2 Å². The minimum atomic E-state index is 0.0480. The number of rotatable bonds is 10. The number of hydrogen-bond donors (Lipinski definition) is 2. The van der Waals surface area contributed by atoms with E-state index < -0.39 is 0 Å². The largest absolute Gasteiger partial charge is 0.354 e. The molecule has 0 spiro atoms. The van der Waals surface area contributed by atoms with Crippen LogP contribution in [0.15, 0.2) is 5.38 Å². The Labute approximate surface area is 125 Å². The van der Waals surface area contributed by atoms with Gasteiger partial charge in [0.15, 0.2) is 0 Å². The normalized spacial score (nSPS) is 11.0. The Bertz CT molecular complexity index is 392. The molecule has 0 saturated heterocycles. The molecular formula is C14H26N4OS. The maximum Gasteiger partial charge on any atom is 0.226 e. The first-order chi connectivity index (χ1) is 9.61. The lowest BCUT2D eigenvalue weighted by atomic mass is 10.2. The fourth-order valence-electron chi connectivity index (χ4n) is 1.79. The average Bonchev–Trinajstić information content (AvgIpc) is 2.82. The zero-order valence-corrected chi connectivity index (χ0v) is 13.3. The van der Waals surface area contributed by atoms with Crippen molar-refractivity contribution < 1.29 is 4.79 Å². The molecule has 1 aromatic rings. The van der Waals surface area contributed by atoms with Gasteiger partial charge < -0.3 is 16.0 Å². The predicted molar refractivity (Wildman–Crippen MR) is 84.0 cm³/mol. The molecule has 3 N–H and O–H groups in total. The van der Waals surface area contributed by atoms with Gasteiger partial charge in [-0.05, 0) is 39.9 Å². The van der Waals surface area contributed by atoms with E-state index in [1.54, 1.807) is 11.3 Å². The molecule has 1 heterocycles. The Morgan fingerprint density at radius 1 is 1.40 bits per heavy atom. The second-order valence-electron chi connectivity index (χ2n) is 5.16. The van der Waals surface area contributed by atoms with Gasteiger partial charge in [-0.2, -0.15) is 0 Å². The van der Waals surface area contributed by atoms with E-state index in [0.717, 1.165) is 49.5 Å². The molecule has 114 valence electrons. The van der Waals surface area contributed by atoms with Gasteiger partial charge in [0, 0.05) is 18.5 Å². The highest BCUT2D eigenvalue weighted by Gasteiger charge is 2.07. The summed E-state index contributed by atoms with van der Waals surface area (Å²) in [5.41, 5.74) is 6.35. The number of amides is 1. The first kappa shape index (κ1) is 17.1. The summed E-state index contributed by atoms with van der Waals surface area (Å²) in [5.74, 6) is 0.0480. The van der Waals surface area contributed by atoms with E-state index in [9.17, 15) is 4.79 Å². The van der Waals surface area contributed by atoms with Crippen molar-refractivity contribution in [3.63, 3.8) is 0 Å². The molecule has 0 aromatic carbocycles. The van der Waals surface area contributed by atoms with Gasteiger partial charge >= 0.3 is 0 Å². The SMILES string of the molecule is CN(C)CCNC(=O)Cc1csc(CCCCCN)n1. The molecule has 0 aliphatic rings. The molecule has 1 amide bonds. The molecule has 1 rings (SSSR count).